The molecule has 1 aromatic carbocycles. The number of carboxylic acid groups (broad SMARTS) is 1. The van der Waals surface area contributed by atoms with E-state index < -0.39 is 5.97 Å². The highest BCUT2D eigenvalue weighted by Gasteiger charge is 2.50. The van der Waals surface area contributed by atoms with Gasteiger partial charge in [0, 0.05) is 38.3 Å². The summed E-state index contributed by atoms with van der Waals surface area (Å²) in [5, 5.41) is 9.53. The number of aliphatic carboxylic acids is 1. The summed E-state index contributed by atoms with van der Waals surface area (Å²) in [6.07, 6.45) is 1.62. The van der Waals surface area contributed by atoms with E-state index in [-0.39, 0.29) is 29.6 Å². The Balaban J connectivity index is 0.00000176. The zero-order valence-corrected chi connectivity index (χ0v) is 13.2. The average Bonchev–Trinajstić information content (AvgIpc) is 2.80. The van der Waals surface area contributed by atoms with Crippen molar-refractivity contribution in [1.82, 2.24) is 4.90 Å². The number of carbonyl (C=O) groups is 1. The Morgan fingerprint density at radius 3 is 2.55 bits per heavy atom. The SMILES string of the molecule is Cl.O=C(O)C1CN(Cc2ccc(F)cc2)CC12CCOCC2. The molecular formula is C16H21ClFNO3. The number of likely N-dealkylation sites (tertiary alicyclic amines) is 1. The molecule has 0 bridgehead atoms. The first-order valence-electron chi connectivity index (χ1n) is 7.36. The van der Waals surface area contributed by atoms with Crippen LogP contribution in [0.1, 0.15) is 18.4 Å². The van der Waals surface area contributed by atoms with Crippen LogP contribution in [0, 0.1) is 17.2 Å². The van der Waals surface area contributed by atoms with Gasteiger partial charge in [0.15, 0.2) is 0 Å². The molecule has 1 aromatic rings. The van der Waals surface area contributed by atoms with E-state index in [9.17, 15) is 14.3 Å². The summed E-state index contributed by atoms with van der Waals surface area (Å²) < 4.78 is 18.3. The van der Waals surface area contributed by atoms with E-state index in [1.54, 1.807) is 12.1 Å². The number of carboxylic acids is 1. The van der Waals surface area contributed by atoms with Crippen molar-refractivity contribution in [2.24, 2.45) is 11.3 Å². The van der Waals surface area contributed by atoms with E-state index >= 15 is 0 Å². The van der Waals surface area contributed by atoms with Gasteiger partial charge in [0.25, 0.3) is 0 Å². The van der Waals surface area contributed by atoms with E-state index in [2.05, 4.69) is 4.90 Å². The van der Waals surface area contributed by atoms with Gasteiger partial charge in [0.1, 0.15) is 5.82 Å². The number of nitrogens with zero attached hydrogens (tertiary/aromatic N) is 1. The summed E-state index contributed by atoms with van der Waals surface area (Å²) in [5.74, 6) is -1.29. The van der Waals surface area contributed by atoms with E-state index in [0.717, 1.165) is 24.9 Å². The molecule has 122 valence electrons. The van der Waals surface area contributed by atoms with Crippen molar-refractivity contribution < 1.29 is 19.0 Å². The third-order valence-electron chi connectivity index (χ3n) is 4.82. The van der Waals surface area contributed by atoms with Crippen molar-refractivity contribution in [2.75, 3.05) is 26.3 Å². The van der Waals surface area contributed by atoms with E-state index in [4.69, 9.17) is 4.74 Å². The standard InChI is InChI=1S/C16H20FNO3.ClH/c17-13-3-1-12(2-4-13)9-18-10-14(15(19)20)16(11-18)5-7-21-8-6-16;/h1-4,14H,5-11H2,(H,19,20);1H. The Kier molecular flexibility index (Phi) is 5.42. The lowest BCUT2D eigenvalue weighted by molar-refractivity contribution is -0.146. The van der Waals surface area contributed by atoms with Gasteiger partial charge >= 0.3 is 5.97 Å². The van der Waals surface area contributed by atoms with Crippen molar-refractivity contribution in [3.63, 3.8) is 0 Å². The smallest absolute Gasteiger partial charge is 0.308 e. The molecule has 2 aliphatic heterocycles. The Morgan fingerprint density at radius 1 is 1.32 bits per heavy atom. The van der Waals surface area contributed by atoms with Gasteiger partial charge in [-0.2, -0.15) is 0 Å². The van der Waals surface area contributed by atoms with E-state index in [0.29, 0.717) is 26.3 Å². The minimum atomic E-state index is -0.710. The van der Waals surface area contributed by atoms with Crippen molar-refractivity contribution in [1.29, 1.82) is 0 Å². The highest BCUT2D eigenvalue weighted by Crippen LogP contribution is 2.44. The highest BCUT2D eigenvalue weighted by molar-refractivity contribution is 5.85. The molecule has 0 radical (unpaired) electrons. The number of rotatable bonds is 3. The molecule has 6 heteroatoms. The zero-order valence-electron chi connectivity index (χ0n) is 12.3. The van der Waals surface area contributed by atoms with Gasteiger partial charge in [0.2, 0.25) is 0 Å². The normalized spacial score (nSPS) is 24.1. The maximum atomic E-state index is 12.9. The average molecular weight is 330 g/mol. The largest absolute Gasteiger partial charge is 0.481 e. The molecule has 0 aromatic heterocycles. The van der Waals surface area contributed by atoms with Crippen molar-refractivity contribution in [2.45, 2.75) is 19.4 Å². The first kappa shape index (κ1) is 17.2. The first-order valence-corrected chi connectivity index (χ1v) is 7.36. The Bertz CT molecular complexity index is 517. The van der Waals surface area contributed by atoms with Crippen LogP contribution in [-0.2, 0) is 16.1 Å². The van der Waals surface area contributed by atoms with Gasteiger partial charge in [-0.3, -0.25) is 9.69 Å². The number of ether oxygens (including phenoxy) is 1. The van der Waals surface area contributed by atoms with E-state index in [1.165, 1.54) is 12.1 Å². The fourth-order valence-corrected chi connectivity index (χ4v) is 3.66. The van der Waals surface area contributed by atoms with Crippen LogP contribution >= 0.6 is 12.4 Å². The van der Waals surface area contributed by atoms with Gasteiger partial charge in [-0.05, 0) is 30.5 Å². The minimum Gasteiger partial charge on any atom is -0.481 e. The number of benzene rings is 1. The van der Waals surface area contributed by atoms with Crippen LogP contribution in [0.2, 0.25) is 0 Å². The van der Waals surface area contributed by atoms with Gasteiger partial charge in [0.05, 0.1) is 5.92 Å². The van der Waals surface area contributed by atoms with Crippen molar-refractivity contribution in [3.8, 4) is 0 Å². The minimum absolute atomic E-state index is 0. The van der Waals surface area contributed by atoms with Crippen LogP contribution in [0.3, 0.4) is 0 Å². The second-order valence-electron chi connectivity index (χ2n) is 6.16. The highest BCUT2D eigenvalue weighted by atomic mass is 35.5. The summed E-state index contributed by atoms with van der Waals surface area (Å²) in [4.78, 5) is 13.8. The predicted molar refractivity (Wildman–Crippen MR) is 82.5 cm³/mol. The third-order valence-corrected chi connectivity index (χ3v) is 4.82. The zero-order chi connectivity index (χ0) is 14.9. The van der Waals surface area contributed by atoms with Crippen molar-refractivity contribution >= 4 is 18.4 Å². The lowest BCUT2D eigenvalue weighted by Gasteiger charge is -2.36. The fourth-order valence-electron chi connectivity index (χ4n) is 3.66. The number of hydrogen-bond donors (Lipinski definition) is 1. The fraction of sp³-hybridized carbons (Fsp3) is 0.562. The topological polar surface area (TPSA) is 49.8 Å². The van der Waals surface area contributed by atoms with Gasteiger partial charge in [-0.25, -0.2) is 4.39 Å². The summed E-state index contributed by atoms with van der Waals surface area (Å²) in [5.41, 5.74) is 0.856. The van der Waals surface area contributed by atoms with Crippen LogP contribution < -0.4 is 0 Å². The third kappa shape index (κ3) is 3.42. The summed E-state index contributed by atoms with van der Waals surface area (Å²) >= 11 is 0. The molecule has 1 spiro atoms. The molecule has 1 atom stereocenters. The molecule has 2 fully saturated rings. The quantitative estimate of drug-likeness (QED) is 0.926. The second kappa shape index (κ2) is 6.94. The Morgan fingerprint density at radius 2 is 1.95 bits per heavy atom. The van der Waals surface area contributed by atoms with Gasteiger partial charge in [-0.15, -0.1) is 12.4 Å². The summed E-state index contributed by atoms with van der Waals surface area (Å²) in [7, 11) is 0. The molecule has 1 unspecified atom stereocenters. The molecule has 2 aliphatic rings. The monoisotopic (exact) mass is 329 g/mol. The molecule has 2 saturated heterocycles. The van der Waals surface area contributed by atoms with Crippen LogP contribution in [0.5, 0.6) is 0 Å². The maximum absolute atomic E-state index is 12.9. The first-order chi connectivity index (χ1) is 10.1. The van der Waals surface area contributed by atoms with Gasteiger partial charge < -0.3 is 9.84 Å². The Hall–Kier alpha value is -1.17. The predicted octanol–water partition coefficient (Wildman–Crippen LogP) is 2.56. The second-order valence-corrected chi connectivity index (χ2v) is 6.16. The van der Waals surface area contributed by atoms with Gasteiger partial charge in [-0.1, -0.05) is 12.1 Å². The van der Waals surface area contributed by atoms with Crippen molar-refractivity contribution in [3.05, 3.63) is 35.6 Å². The lowest BCUT2D eigenvalue weighted by atomic mass is 9.72. The summed E-state index contributed by atoms with van der Waals surface area (Å²) in [6, 6.07) is 6.43. The molecule has 2 heterocycles. The van der Waals surface area contributed by atoms with Crippen LogP contribution in [0.25, 0.3) is 0 Å². The van der Waals surface area contributed by atoms with Crippen LogP contribution in [0.4, 0.5) is 4.39 Å². The molecule has 1 N–H and O–H groups in total. The molecular weight excluding hydrogens is 309 g/mol. The van der Waals surface area contributed by atoms with Crippen LogP contribution in [0.15, 0.2) is 24.3 Å². The molecule has 3 rings (SSSR count). The van der Waals surface area contributed by atoms with Crippen LogP contribution in [-0.4, -0.2) is 42.3 Å². The maximum Gasteiger partial charge on any atom is 0.308 e. The molecule has 0 saturated carbocycles. The lowest BCUT2D eigenvalue weighted by Crippen LogP contribution is -2.40. The number of hydrogen-bond acceptors (Lipinski definition) is 3. The molecule has 22 heavy (non-hydrogen) atoms. The molecule has 0 amide bonds. The van der Waals surface area contributed by atoms with E-state index in [1.807, 2.05) is 0 Å². The number of halogens is 2. The Labute approximate surface area is 135 Å². The molecule has 0 aliphatic carbocycles. The molecule has 4 nitrogen and oxygen atoms in total. The summed E-state index contributed by atoms with van der Waals surface area (Å²) in [6.45, 7) is 3.31.